The van der Waals surface area contributed by atoms with Gasteiger partial charge in [-0.25, -0.2) is 0 Å². The minimum atomic E-state index is -0.376. The van der Waals surface area contributed by atoms with Gasteiger partial charge >= 0.3 is 0 Å². The molecule has 0 aliphatic rings. The minimum Gasteiger partial charge on any atom is -0.459 e. The number of amides is 1. The van der Waals surface area contributed by atoms with E-state index in [-0.39, 0.29) is 17.5 Å². The van der Waals surface area contributed by atoms with Gasteiger partial charge in [0, 0.05) is 16.8 Å². The summed E-state index contributed by atoms with van der Waals surface area (Å²) in [5.74, 6) is 0.949. The fourth-order valence-corrected chi connectivity index (χ4v) is 2.80. The third kappa shape index (κ3) is 4.42. The van der Waals surface area contributed by atoms with E-state index in [1.54, 1.807) is 42.5 Å². The van der Waals surface area contributed by atoms with Gasteiger partial charge in [0.2, 0.25) is 0 Å². The summed E-state index contributed by atoms with van der Waals surface area (Å²) in [5, 5.41) is 2.71. The molecule has 5 heteroatoms. The molecule has 4 rings (SSSR count). The van der Waals surface area contributed by atoms with E-state index in [4.69, 9.17) is 8.83 Å². The van der Waals surface area contributed by atoms with Crippen LogP contribution >= 0.6 is 0 Å². The molecule has 0 aliphatic heterocycles. The summed E-state index contributed by atoms with van der Waals surface area (Å²) in [4.78, 5) is 24.6. The van der Waals surface area contributed by atoms with Crippen LogP contribution in [0, 0.1) is 0 Å². The number of benzene rings is 2. The van der Waals surface area contributed by atoms with Gasteiger partial charge in [-0.3, -0.25) is 9.59 Å². The van der Waals surface area contributed by atoms with Crippen molar-refractivity contribution < 1.29 is 18.4 Å². The van der Waals surface area contributed by atoms with Crippen LogP contribution in [0.1, 0.15) is 26.7 Å². The second-order valence-electron chi connectivity index (χ2n) is 6.28. The number of anilines is 1. The van der Waals surface area contributed by atoms with Crippen LogP contribution in [0.3, 0.4) is 0 Å². The van der Waals surface area contributed by atoms with Gasteiger partial charge in [0.1, 0.15) is 11.5 Å². The van der Waals surface area contributed by atoms with E-state index in [2.05, 4.69) is 5.32 Å². The number of ketones is 1. The highest BCUT2D eigenvalue weighted by Gasteiger charge is 2.10. The Morgan fingerprint density at radius 3 is 2.52 bits per heavy atom. The van der Waals surface area contributed by atoms with E-state index in [9.17, 15) is 9.59 Å². The third-order valence-electron chi connectivity index (χ3n) is 4.23. The van der Waals surface area contributed by atoms with E-state index in [0.29, 0.717) is 17.0 Å². The number of carbonyl (C=O) groups is 2. The quantitative estimate of drug-likeness (QED) is 0.343. The van der Waals surface area contributed by atoms with E-state index < -0.39 is 0 Å². The number of hydrogen-bond donors (Lipinski definition) is 1. The highest BCUT2D eigenvalue weighted by Crippen LogP contribution is 2.22. The van der Waals surface area contributed by atoms with Crippen LogP contribution in [0.4, 0.5) is 5.69 Å². The van der Waals surface area contributed by atoms with Gasteiger partial charge in [-0.15, -0.1) is 0 Å². The van der Waals surface area contributed by atoms with Gasteiger partial charge in [0.05, 0.1) is 6.26 Å². The maximum Gasteiger partial charge on any atom is 0.291 e. The summed E-state index contributed by atoms with van der Waals surface area (Å²) in [6.07, 6.45) is 4.50. The van der Waals surface area contributed by atoms with Crippen molar-refractivity contribution in [2.24, 2.45) is 0 Å². The number of furan rings is 2. The second kappa shape index (κ2) is 8.27. The molecule has 5 nitrogen and oxygen atoms in total. The van der Waals surface area contributed by atoms with Crippen molar-refractivity contribution in [2.75, 3.05) is 5.32 Å². The molecule has 2 heterocycles. The molecule has 29 heavy (non-hydrogen) atoms. The van der Waals surface area contributed by atoms with Gasteiger partial charge in [-0.1, -0.05) is 42.5 Å². The predicted octanol–water partition coefficient (Wildman–Crippen LogP) is 5.69. The zero-order valence-electron chi connectivity index (χ0n) is 15.4. The molecule has 1 amide bonds. The van der Waals surface area contributed by atoms with Crippen molar-refractivity contribution in [1.82, 2.24) is 0 Å². The van der Waals surface area contributed by atoms with Gasteiger partial charge in [-0.2, -0.15) is 0 Å². The van der Waals surface area contributed by atoms with Crippen molar-refractivity contribution in [3.8, 4) is 11.3 Å². The zero-order chi connectivity index (χ0) is 20.1. The normalized spacial score (nSPS) is 10.9. The second-order valence-corrected chi connectivity index (χ2v) is 6.28. The molecule has 0 radical (unpaired) electrons. The van der Waals surface area contributed by atoms with E-state index in [0.717, 1.165) is 11.3 Å². The van der Waals surface area contributed by atoms with Crippen LogP contribution < -0.4 is 5.32 Å². The maximum atomic E-state index is 12.5. The molecule has 0 bridgehead atoms. The third-order valence-corrected chi connectivity index (χ3v) is 4.23. The smallest absolute Gasteiger partial charge is 0.291 e. The molecular weight excluding hydrogens is 366 g/mol. The Morgan fingerprint density at radius 2 is 1.72 bits per heavy atom. The molecule has 4 aromatic rings. The van der Waals surface area contributed by atoms with Crippen LogP contribution in [-0.4, -0.2) is 11.7 Å². The highest BCUT2D eigenvalue weighted by atomic mass is 16.3. The number of allylic oxidation sites excluding steroid dienone is 1. The molecule has 0 saturated carbocycles. The van der Waals surface area contributed by atoms with Crippen molar-refractivity contribution in [2.45, 2.75) is 0 Å². The Labute approximate surface area is 167 Å². The fourth-order valence-electron chi connectivity index (χ4n) is 2.80. The first kappa shape index (κ1) is 18.3. The molecule has 1 N–H and O–H groups in total. The van der Waals surface area contributed by atoms with E-state index in [1.165, 1.54) is 12.3 Å². The summed E-state index contributed by atoms with van der Waals surface area (Å²) in [6.45, 7) is 0. The van der Waals surface area contributed by atoms with Crippen LogP contribution in [0.2, 0.25) is 0 Å². The van der Waals surface area contributed by atoms with Crippen molar-refractivity contribution in [3.63, 3.8) is 0 Å². The average Bonchev–Trinajstić information content (AvgIpc) is 3.45. The fraction of sp³-hybridized carbons (Fsp3) is 0. The molecular formula is C24H17NO4. The molecule has 2 aromatic carbocycles. The van der Waals surface area contributed by atoms with E-state index in [1.807, 2.05) is 42.5 Å². The molecule has 0 fully saturated rings. The number of rotatable bonds is 6. The van der Waals surface area contributed by atoms with Gasteiger partial charge in [-0.05, 0) is 48.6 Å². The van der Waals surface area contributed by atoms with Crippen molar-refractivity contribution >= 4 is 23.5 Å². The lowest BCUT2D eigenvalue weighted by Gasteiger charge is -2.04. The number of carbonyl (C=O) groups excluding carboxylic acids is 2. The molecule has 0 unspecified atom stereocenters. The van der Waals surface area contributed by atoms with Crippen LogP contribution in [-0.2, 0) is 0 Å². The standard InChI is InChI=1S/C24H17NO4/c26-21(13-11-20-12-14-22(29-20)17-6-2-1-3-7-17)18-8-4-9-19(16-18)25-24(27)23-10-5-15-28-23/h1-16H,(H,25,27)/b13-11+. The Balaban J connectivity index is 1.45. The first-order chi connectivity index (χ1) is 14.2. The van der Waals surface area contributed by atoms with Gasteiger partial charge in [0.15, 0.2) is 11.5 Å². The lowest BCUT2D eigenvalue weighted by Crippen LogP contribution is -2.11. The molecule has 0 saturated heterocycles. The Kier molecular flexibility index (Phi) is 5.21. The van der Waals surface area contributed by atoms with Gasteiger partial charge < -0.3 is 14.2 Å². The summed E-state index contributed by atoms with van der Waals surface area (Å²) in [6, 6.07) is 23.3. The lowest BCUT2D eigenvalue weighted by molar-refractivity contribution is 0.0994. The molecule has 0 aliphatic carbocycles. The Morgan fingerprint density at radius 1 is 0.862 bits per heavy atom. The first-order valence-corrected chi connectivity index (χ1v) is 9.02. The highest BCUT2D eigenvalue weighted by molar-refractivity contribution is 6.08. The van der Waals surface area contributed by atoms with Crippen LogP contribution in [0.5, 0.6) is 0 Å². The van der Waals surface area contributed by atoms with Crippen LogP contribution in [0.25, 0.3) is 17.4 Å². The zero-order valence-corrected chi connectivity index (χ0v) is 15.4. The summed E-state index contributed by atoms with van der Waals surface area (Å²) < 4.78 is 10.8. The number of hydrogen-bond acceptors (Lipinski definition) is 4. The van der Waals surface area contributed by atoms with Crippen molar-refractivity contribution in [3.05, 3.63) is 108 Å². The predicted molar refractivity (Wildman–Crippen MR) is 111 cm³/mol. The first-order valence-electron chi connectivity index (χ1n) is 9.02. The average molecular weight is 383 g/mol. The monoisotopic (exact) mass is 383 g/mol. The van der Waals surface area contributed by atoms with Crippen molar-refractivity contribution in [1.29, 1.82) is 0 Å². The topological polar surface area (TPSA) is 72.5 Å². The Bertz CT molecular complexity index is 1150. The van der Waals surface area contributed by atoms with Crippen LogP contribution in [0.15, 0.2) is 100 Å². The summed E-state index contributed by atoms with van der Waals surface area (Å²) >= 11 is 0. The molecule has 0 atom stereocenters. The SMILES string of the molecule is O=C(/C=C/c1ccc(-c2ccccc2)o1)c1cccc(NC(=O)c2ccco2)c1. The lowest BCUT2D eigenvalue weighted by atomic mass is 10.1. The van der Waals surface area contributed by atoms with Gasteiger partial charge in [0.25, 0.3) is 5.91 Å². The molecule has 2 aromatic heterocycles. The number of nitrogens with one attached hydrogen (secondary N) is 1. The molecule has 142 valence electrons. The van der Waals surface area contributed by atoms with E-state index >= 15 is 0 Å². The summed E-state index contributed by atoms with van der Waals surface area (Å²) in [5.41, 5.74) is 1.93. The summed E-state index contributed by atoms with van der Waals surface area (Å²) in [7, 11) is 0. The molecule has 0 spiro atoms. The largest absolute Gasteiger partial charge is 0.459 e. The Hall–Kier alpha value is -4.12. The maximum absolute atomic E-state index is 12.5. The minimum absolute atomic E-state index is 0.197.